The van der Waals surface area contributed by atoms with Crippen molar-refractivity contribution in [3.63, 3.8) is 0 Å². The first-order valence-corrected chi connectivity index (χ1v) is 8.49. The van der Waals surface area contributed by atoms with Gasteiger partial charge in [0.25, 0.3) is 0 Å². The Kier molecular flexibility index (Phi) is 7.91. The van der Waals surface area contributed by atoms with Crippen LogP contribution < -0.4 is 4.90 Å². The third-order valence-corrected chi connectivity index (χ3v) is 4.51. The molecule has 0 saturated carbocycles. The lowest BCUT2D eigenvalue weighted by Crippen LogP contribution is -3.05. The topological polar surface area (TPSA) is 4.44 Å². The Labute approximate surface area is 126 Å². The zero-order chi connectivity index (χ0) is 14.8. The van der Waals surface area contributed by atoms with Crippen LogP contribution in [0.1, 0.15) is 64.4 Å². The minimum Gasteiger partial charge on any atom is -0.340 e. The summed E-state index contributed by atoms with van der Waals surface area (Å²) < 4.78 is 0. The Morgan fingerprint density at radius 3 is 1.85 bits per heavy atom. The molecule has 0 aromatic heterocycles. The minimum absolute atomic E-state index is 0.407. The number of rotatable bonds is 10. The van der Waals surface area contributed by atoms with Crippen molar-refractivity contribution >= 4 is 0 Å². The van der Waals surface area contributed by atoms with E-state index in [1.165, 1.54) is 51.5 Å². The molecule has 0 aliphatic heterocycles. The largest absolute Gasteiger partial charge is 0.340 e. The molecule has 0 radical (unpaired) electrons. The van der Waals surface area contributed by atoms with Crippen molar-refractivity contribution < 1.29 is 4.90 Å². The van der Waals surface area contributed by atoms with Gasteiger partial charge in [-0.05, 0) is 18.4 Å². The molecule has 1 nitrogen and oxygen atoms in total. The van der Waals surface area contributed by atoms with E-state index in [4.69, 9.17) is 0 Å². The van der Waals surface area contributed by atoms with Crippen molar-refractivity contribution in [1.82, 2.24) is 0 Å². The second kappa shape index (κ2) is 9.18. The molecule has 1 N–H and O–H groups in total. The fraction of sp³-hybridized carbons (Fsp3) is 0.684. The molecule has 0 unspecified atom stereocenters. The second-order valence-corrected chi connectivity index (χ2v) is 6.56. The maximum Gasteiger partial charge on any atom is 0.0775 e. The Hall–Kier alpha value is -0.820. The SMILES string of the molecule is CCCCC(CCCC)(CC[NH+](C)C)c1ccccc1. The summed E-state index contributed by atoms with van der Waals surface area (Å²) in [6.45, 7) is 5.89. The summed E-state index contributed by atoms with van der Waals surface area (Å²) in [4.78, 5) is 1.57. The lowest BCUT2D eigenvalue weighted by molar-refractivity contribution is -0.859. The molecule has 114 valence electrons. The van der Waals surface area contributed by atoms with Gasteiger partial charge in [-0.3, -0.25) is 0 Å². The van der Waals surface area contributed by atoms with Crippen molar-refractivity contribution in [3.8, 4) is 0 Å². The normalized spacial score (nSPS) is 12.1. The van der Waals surface area contributed by atoms with Crippen LogP contribution in [0.3, 0.4) is 0 Å². The highest BCUT2D eigenvalue weighted by Crippen LogP contribution is 2.38. The Bertz CT molecular complexity index is 334. The van der Waals surface area contributed by atoms with Crippen LogP contribution in [-0.2, 0) is 5.41 Å². The van der Waals surface area contributed by atoms with Gasteiger partial charge in [0.05, 0.1) is 20.6 Å². The van der Waals surface area contributed by atoms with Gasteiger partial charge in [0.15, 0.2) is 0 Å². The van der Waals surface area contributed by atoms with Gasteiger partial charge < -0.3 is 4.90 Å². The first kappa shape index (κ1) is 17.2. The van der Waals surface area contributed by atoms with E-state index < -0.39 is 0 Å². The van der Waals surface area contributed by atoms with Crippen molar-refractivity contribution in [3.05, 3.63) is 35.9 Å². The molecule has 1 heteroatoms. The summed E-state index contributed by atoms with van der Waals surface area (Å²) in [7, 11) is 4.55. The highest BCUT2D eigenvalue weighted by atomic mass is 15.0. The quantitative estimate of drug-likeness (QED) is 0.662. The fourth-order valence-electron chi connectivity index (χ4n) is 3.12. The molecular weight excluding hydrogens is 242 g/mol. The van der Waals surface area contributed by atoms with Crippen molar-refractivity contribution in [1.29, 1.82) is 0 Å². The van der Waals surface area contributed by atoms with Gasteiger partial charge in [-0.15, -0.1) is 0 Å². The van der Waals surface area contributed by atoms with Crippen LogP contribution in [0.25, 0.3) is 0 Å². The van der Waals surface area contributed by atoms with Crippen molar-refractivity contribution in [2.75, 3.05) is 20.6 Å². The number of unbranched alkanes of at least 4 members (excludes halogenated alkanes) is 2. The average Bonchev–Trinajstić information content (AvgIpc) is 2.48. The predicted octanol–water partition coefficient (Wildman–Crippen LogP) is 3.84. The van der Waals surface area contributed by atoms with Gasteiger partial charge in [0, 0.05) is 11.8 Å². The maximum absolute atomic E-state index is 2.36. The summed E-state index contributed by atoms with van der Waals surface area (Å²) in [5.41, 5.74) is 1.98. The molecule has 0 aliphatic carbocycles. The minimum atomic E-state index is 0.407. The Morgan fingerprint density at radius 2 is 1.40 bits per heavy atom. The summed E-state index contributed by atoms with van der Waals surface area (Å²) in [6, 6.07) is 11.3. The summed E-state index contributed by atoms with van der Waals surface area (Å²) in [5, 5.41) is 0. The number of hydrogen-bond acceptors (Lipinski definition) is 0. The first-order valence-electron chi connectivity index (χ1n) is 8.49. The van der Waals surface area contributed by atoms with Crippen LogP contribution >= 0.6 is 0 Å². The number of hydrogen-bond donors (Lipinski definition) is 1. The fourth-order valence-corrected chi connectivity index (χ4v) is 3.12. The van der Waals surface area contributed by atoms with Gasteiger partial charge in [0.2, 0.25) is 0 Å². The van der Waals surface area contributed by atoms with E-state index in [0.717, 1.165) is 0 Å². The van der Waals surface area contributed by atoms with E-state index in [1.807, 2.05) is 0 Å². The first-order chi connectivity index (χ1) is 9.64. The molecule has 0 atom stereocenters. The molecule has 0 saturated heterocycles. The van der Waals surface area contributed by atoms with Crippen molar-refractivity contribution in [2.24, 2.45) is 0 Å². The van der Waals surface area contributed by atoms with Crippen LogP contribution in [0.15, 0.2) is 30.3 Å². The van der Waals surface area contributed by atoms with Crippen molar-refractivity contribution in [2.45, 2.75) is 64.2 Å². The van der Waals surface area contributed by atoms with E-state index in [9.17, 15) is 0 Å². The van der Waals surface area contributed by atoms with E-state index >= 15 is 0 Å². The lowest BCUT2D eigenvalue weighted by Gasteiger charge is -2.35. The summed E-state index contributed by atoms with van der Waals surface area (Å²) in [5.74, 6) is 0. The van der Waals surface area contributed by atoms with Gasteiger partial charge in [-0.2, -0.15) is 0 Å². The standard InChI is InChI=1S/C19H33N/c1-5-7-14-19(15-8-6-2,16-17-20(3)4)18-12-10-9-11-13-18/h9-13H,5-8,14-17H2,1-4H3/p+1. The number of quaternary nitrogens is 1. The zero-order valence-electron chi connectivity index (χ0n) is 14.0. The van der Waals surface area contributed by atoms with Gasteiger partial charge in [-0.25, -0.2) is 0 Å². The molecular formula is C19H34N+. The molecule has 1 rings (SSSR count). The third-order valence-electron chi connectivity index (χ3n) is 4.51. The van der Waals surface area contributed by atoms with Gasteiger partial charge in [0.1, 0.15) is 0 Å². The van der Waals surface area contributed by atoms with Crippen LogP contribution in [0, 0.1) is 0 Å². The van der Waals surface area contributed by atoms with E-state index in [0.29, 0.717) is 5.41 Å². The third kappa shape index (κ3) is 5.28. The molecule has 0 heterocycles. The van der Waals surface area contributed by atoms with Gasteiger partial charge in [-0.1, -0.05) is 69.9 Å². The van der Waals surface area contributed by atoms with Crippen LogP contribution in [0.2, 0.25) is 0 Å². The molecule has 20 heavy (non-hydrogen) atoms. The van der Waals surface area contributed by atoms with E-state index in [-0.39, 0.29) is 0 Å². The molecule has 1 aromatic carbocycles. The van der Waals surface area contributed by atoms with Crippen LogP contribution in [-0.4, -0.2) is 20.6 Å². The zero-order valence-corrected chi connectivity index (χ0v) is 14.0. The predicted molar refractivity (Wildman–Crippen MR) is 89.5 cm³/mol. The highest BCUT2D eigenvalue weighted by molar-refractivity contribution is 5.25. The number of nitrogens with one attached hydrogen (secondary N) is 1. The Morgan fingerprint density at radius 1 is 0.850 bits per heavy atom. The summed E-state index contributed by atoms with van der Waals surface area (Å²) in [6.07, 6.45) is 9.31. The average molecular weight is 276 g/mol. The molecule has 0 spiro atoms. The van der Waals surface area contributed by atoms with E-state index in [1.54, 1.807) is 10.5 Å². The molecule has 1 aromatic rings. The van der Waals surface area contributed by atoms with Crippen LogP contribution in [0.5, 0.6) is 0 Å². The molecule has 0 aliphatic rings. The summed E-state index contributed by atoms with van der Waals surface area (Å²) >= 11 is 0. The maximum atomic E-state index is 2.36. The lowest BCUT2D eigenvalue weighted by atomic mass is 9.70. The Balaban J connectivity index is 2.97. The van der Waals surface area contributed by atoms with E-state index in [2.05, 4.69) is 58.3 Å². The molecule has 0 fully saturated rings. The molecule has 0 bridgehead atoms. The number of benzene rings is 1. The highest BCUT2D eigenvalue weighted by Gasteiger charge is 2.31. The monoisotopic (exact) mass is 276 g/mol. The smallest absolute Gasteiger partial charge is 0.0775 e. The second-order valence-electron chi connectivity index (χ2n) is 6.56. The van der Waals surface area contributed by atoms with Crippen LogP contribution in [0.4, 0.5) is 0 Å². The van der Waals surface area contributed by atoms with Gasteiger partial charge >= 0.3 is 0 Å². The molecule has 0 amide bonds.